The fraction of sp³-hybridized carbons (Fsp3) is 0.360. The average molecular weight is 408 g/mol. The van der Waals surface area contributed by atoms with Gasteiger partial charge in [-0.05, 0) is 67.8 Å². The summed E-state index contributed by atoms with van der Waals surface area (Å²) in [4.78, 5) is 26.2. The maximum absolute atomic E-state index is 12.5. The molecule has 3 rings (SSSR count). The average Bonchev–Trinajstić information content (AvgIpc) is 3.19. The first-order chi connectivity index (χ1) is 14.6. The topological polar surface area (TPSA) is 55.8 Å². The molecule has 1 fully saturated rings. The number of ketones is 1. The molecule has 2 aromatic rings. The molecular formula is C25H29NO4. The maximum atomic E-state index is 12.5. The van der Waals surface area contributed by atoms with E-state index in [9.17, 15) is 9.59 Å². The predicted molar refractivity (Wildman–Crippen MR) is 119 cm³/mol. The number of hydrogen-bond acceptors (Lipinski definition) is 4. The van der Waals surface area contributed by atoms with Gasteiger partial charge in [0.25, 0.3) is 0 Å². The van der Waals surface area contributed by atoms with E-state index in [0.29, 0.717) is 30.9 Å². The zero-order valence-electron chi connectivity index (χ0n) is 17.7. The van der Waals surface area contributed by atoms with Crippen LogP contribution in [-0.4, -0.2) is 31.4 Å². The first kappa shape index (κ1) is 21.6. The van der Waals surface area contributed by atoms with Gasteiger partial charge in [0, 0.05) is 24.2 Å². The van der Waals surface area contributed by atoms with Crippen LogP contribution in [0.15, 0.2) is 48.5 Å². The van der Waals surface area contributed by atoms with E-state index in [1.165, 1.54) is 0 Å². The van der Waals surface area contributed by atoms with Crippen molar-refractivity contribution in [2.24, 2.45) is 0 Å². The quantitative estimate of drug-likeness (QED) is 0.305. The summed E-state index contributed by atoms with van der Waals surface area (Å²) in [6.07, 6.45) is 6.87. The van der Waals surface area contributed by atoms with Crippen molar-refractivity contribution in [2.75, 3.05) is 24.7 Å². The van der Waals surface area contributed by atoms with Crippen molar-refractivity contribution in [3.63, 3.8) is 0 Å². The molecule has 5 heteroatoms. The smallest absolute Gasteiger partial charge is 0.227 e. The highest BCUT2D eigenvalue weighted by atomic mass is 16.5. The van der Waals surface area contributed by atoms with Crippen molar-refractivity contribution in [1.82, 2.24) is 0 Å². The number of benzene rings is 2. The van der Waals surface area contributed by atoms with Crippen LogP contribution in [0.3, 0.4) is 0 Å². The molecule has 0 aromatic heterocycles. The van der Waals surface area contributed by atoms with Crippen LogP contribution in [0.25, 0.3) is 6.08 Å². The van der Waals surface area contributed by atoms with E-state index in [0.717, 1.165) is 42.8 Å². The molecule has 0 saturated carbocycles. The molecular weight excluding hydrogens is 378 g/mol. The molecule has 1 aliphatic rings. The highest BCUT2D eigenvalue weighted by Gasteiger charge is 2.21. The van der Waals surface area contributed by atoms with Gasteiger partial charge in [-0.15, -0.1) is 0 Å². The molecule has 0 aliphatic carbocycles. The van der Waals surface area contributed by atoms with Crippen LogP contribution in [0.1, 0.15) is 55.5 Å². The summed E-state index contributed by atoms with van der Waals surface area (Å²) < 4.78 is 11.5. The summed E-state index contributed by atoms with van der Waals surface area (Å²) in [7, 11) is 0. The predicted octanol–water partition coefficient (Wildman–Crippen LogP) is 5.29. The van der Waals surface area contributed by atoms with Crippen molar-refractivity contribution in [2.45, 2.75) is 39.5 Å². The summed E-state index contributed by atoms with van der Waals surface area (Å²) in [5, 5.41) is 0. The van der Waals surface area contributed by atoms with Crippen LogP contribution in [0.2, 0.25) is 0 Å². The molecule has 1 amide bonds. The normalized spacial score (nSPS) is 13.8. The molecule has 1 aliphatic heterocycles. The number of allylic oxidation sites excluding steroid dienone is 1. The molecule has 1 saturated heterocycles. The van der Waals surface area contributed by atoms with Crippen LogP contribution in [0.4, 0.5) is 5.69 Å². The van der Waals surface area contributed by atoms with Gasteiger partial charge in [-0.1, -0.05) is 25.5 Å². The van der Waals surface area contributed by atoms with E-state index < -0.39 is 0 Å². The van der Waals surface area contributed by atoms with Gasteiger partial charge in [0.2, 0.25) is 5.91 Å². The molecule has 1 heterocycles. The minimum Gasteiger partial charge on any atom is -0.490 e. The number of unbranched alkanes of at least 4 members (excludes halogenated alkanes) is 1. The van der Waals surface area contributed by atoms with Crippen molar-refractivity contribution >= 4 is 23.5 Å². The number of ether oxygens (including phenoxy) is 2. The van der Waals surface area contributed by atoms with Gasteiger partial charge >= 0.3 is 0 Å². The fourth-order valence-corrected chi connectivity index (χ4v) is 3.34. The molecule has 2 aromatic carbocycles. The van der Waals surface area contributed by atoms with Gasteiger partial charge in [0.15, 0.2) is 17.3 Å². The highest BCUT2D eigenvalue weighted by molar-refractivity contribution is 6.07. The lowest BCUT2D eigenvalue weighted by atomic mass is 10.1. The highest BCUT2D eigenvalue weighted by Crippen LogP contribution is 2.29. The lowest BCUT2D eigenvalue weighted by Gasteiger charge is -2.15. The zero-order valence-corrected chi connectivity index (χ0v) is 17.7. The molecule has 0 radical (unpaired) electrons. The van der Waals surface area contributed by atoms with Crippen molar-refractivity contribution in [1.29, 1.82) is 0 Å². The molecule has 30 heavy (non-hydrogen) atoms. The third-order valence-corrected chi connectivity index (χ3v) is 4.99. The lowest BCUT2D eigenvalue weighted by molar-refractivity contribution is -0.117. The van der Waals surface area contributed by atoms with Gasteiger partial charge in [0.05, 0.1) is 13.2 Å². The summed E-state index contributed by atoms with van der Waals surface area (Å²) in [6, 6.07) is 12.9. The third-order valence-electron chi connectivity index (χ3n) is 4.99. The number of carbonyl (C=O) groups excluding carboxylic acids is 2. The summed E-state index contributed by atoms with van der Waals surface area (Å²) in [6.45, 7) is 6.00. The maximum Gasteiger partial charge on any atom is 0.227 e. The van der Waals surface area contributed by atoms with E-state index >= 15 is 0 Å². The zero-order chi connectivity index (χ0) is 21.3. The Morgan fingerprint density at radius 1 is 1.07 bits per heavy atom. The monoisotopic (exact) mass is 407 g/mol. The second-order valence-electron chi connectivity index (χ2n) is 7.23. The van der Waals surface area contributed by atoms with Crippen molar-refractivity contribution in [3.8, 4) is 11.5 Å². The Bertz CT molecular complexity index is 902. The van der Waals surface area contributed by atoms with Gasteiger partial charge in [-0.2, -0.15) is 0 Å². The first-order valence-electron chi connectivity index (χ1n) is 10.6. The Morgan fingerprint density at radius 2 is 1.87 bits per heavy atom. The number of rotatable bonds is 10. The number of amides is 1. The summed E-state index contributed by atoms with van der Waals surface area (Å²) in [5.74, 6) is 1.46. The lowest BCUT2D eigenvalue weighted by Crippen LogP contribution is -2.23. The third kappa shape index (κ3) is 5.50. The Hall–Kier alpha value is -3.08. The Morgan fingerprint density at radius 3 is 2.53 bits per heavy atom. The standard InChI is InChI=1S/C25H29NO4/c1-3-5-17-30-23-15-9-19(18-24(23)29-4-2)8-14-22(27)20-10-12-21(13-11-20)26-16-6-7-25(26)28/h8-15,18H,3-7,16-17H2,1-2H3/b14-8+. The molecule has 5 nitrogen and oxygen atoms in total. The first-order valence-corrected chi connectivity index (χ1v) is 10.6. The number of carbonyl (C=O) groups is 2. The summed E-state index contributed by atoms with van der Waals surface area (Å²) in [5.41, 5.74) is 2.30. The largest absolute Gasteiger partial charge is 0.490 e. The van der Waals surface area contributed by atoms with E-state index in [-0.39, 0.29) is 11.7 Å². The van der Waals surface area contributed by atoms with Gasteiger partial charge in [0.1, 0.15) is 0 Å². The van der Waals surface area contributed by atoms with Gasteiger partial charge < -0.3 is 14.4 Å². The number of nitrogens with zero attached hydrogens (tertiary/aromatic N) is 1. The molecule has 158 valence electrons. The van der Waals surface area contributed by atoms with Crippen LogP contribution in [0, 0.1) is 0 Å². The van der Waals surface area contributed by atoms with Crippen molar-refractivity contribution < 1.29 is 19.1 Å². The molecule has 0 spiro atoms. The number of anilines is 1. The van der Waals surface area contributed by atoms with Crippen molar-refractivity contribution in [3.05, 3.63) is 59.7 Å². The minimum atomic E-state index is -0.0875. The Kier molecular flexibility index (Phi) is 7.66. The van der Waals surface area contributed by atoms with Crippen LogP contribution >= 0.6 is 0 Å². The summed E-state index contributed by atoms with van der Waals surface area (Å²) >= 11 is 0. The minimum absolute atomic E-state index is 0.0875. The SMILES string of the molecule is CCCCOc1ccc(/C=C/C(=O)c2ccc(N3CCCC3=O)cc2)cc1OCC. The van der Waals surface area contributed by atoms with Gasteiger partial charge in [-0.25, -0.2) is 0 Å². The van der Waals surface area contributed by atoms with Gasteiger partial charge in [-0.3, -0.25) is 9.59 Å². The second-order valence-corrected chi connectivity index (χ2v) is 7.23. The van der Waals surface area contributed by atoms with E-state index in [4.69, 9.17) is 9.47 Å². The Balaban J connectivity index is 1.67. The molecule has 0 N–H and O–H groups in total. The molecule has 0 atom stereocenters. The molecule has 0 unspecified atom stereocenters. The van der Waals surface area contributed by atoms with Crippen LogP contribution < -0.4 is 14.4 Å². The van der Waals surface area contributed by atoms with E-state index in [2.05, 4.69) is 6.92 Å². The van der Waals surface area contributed by atoms with Crippen LogP contribution in [0.5, 0.6) is 11.5 Å². The number of hydrogen-bond donors (Lipinski definition) is 0. The fourth-order valence-electron chi connectivity index (χ4n) is 3.34. The van der Waals surface area contributed by atoms with E-state index in [1.807, 2.05) is 37.3 Å². The molecule has 0 bridgehead atoms. The Labute approximate surface area is 178 Å². The van der Waals surface area contributed by atoms with E-state index in [1.54, 1.807) is 29.2 Å². The van der Waals surface area contributed by atoms with Crippen LogP contribution in [-0.2, 0) is 4.79 Å². The second kappa shape index (κ2) is 10.6.